The highest BCUT2D eigenvalue weighted by Crippen LogP contribution is 2.30. The lowest BCUT2D eigenvalue weighted by atomic mass is 10.2. The number of ether oxygens (including phenoxy) is 2. The van der Waals surface area contributed by atoms with Gasteiger partial charge in [0, 0.05) is 24.2 Å². The summed E-state index contributed by atoms with van der Waals surface area (Å²) >= 11 is 0. The van der Waals surface area contributed by atoms with Gasteiger partial charge in [0.05, 0.1) is 4.92 Å². The van der Waals surface area contributed by atoms with Crippen molar-refractivity contribution < 1.29 is 28.0 Å². The molecule has 7 nitrogen and oxygen atoms in total. The van der Waals surface area contributed by atoms with Crippen molar-refractivity contribution in [1.82, 2.24) is 5.32 Å². The predicted molar refractivity (Wildman–Crippen MR) is 92.6 cm³/mol. The molecule has 9 heteroatoms. The Morgan fingerprint density at radius 3 is 2.33 bits per heavy atom. The van der Waals surface area contributed by atoms with Crippen molar-refractivity contribution in [2.24, 2.45) is 0 Å². The van der Waals surface area contributed by atoms with Crippen LogP contribution in [0.4, 0.5) is 19.3 Å². The molecule has 144 valence electrons. The molecule has 2 aromatic carbocycles. The van der Waals surface area contributed by atoms with Crippen LogP contribution < -0.4 is 10.1 Å². The molecular weight excluding hydrogens is 362 g/mol. The van der Waals surface area contributed by atoms with Crippen molar-refractivity contribution in [3.63, 3.8) is 0 Å². The molecule has 0 fully saturated rings. The molecule has 0 aromatic heterocycles. The number of nitrogens with one attached hydrogen (secondary N) is 1. The summed E-state index contributed by atoms with van der Waals surface area (Å²) in [5.41, 5.74) is -0.909. The van der Waals surface area contributed by atoms with Gasteiger partial charge in [0.25, 0.3) is 5.69 Å². The number of hydrogen-bond acceptors (Lipinski definition) is 5. The largest absolute Gasteiger partial charge is 0.451 e. The van der Waals surface area contributed by atoms with Crippen LogP contribution in [0.5, 0.6) is 11.5 Å². The Morgan fingerprint density at radius 1 is 1.15 bits per heavy atom. The number of halogens is 2. The van der Waals surface area contributed by atoms with E-state index < -0.39 is 34.0 Å². The lowest BCUT2D eigenvalue weighted by Crippen LogP contribution is -2.32. The Labute approximate surface area is 154 Å². The van der Waals surface area contributed by atoms with Gasteiger partial charge in [-0.3, -0.25) is 10.1 Å². The highest BCUT2D eigenvalue weighted by molar-refractivity contribution is 5.67. The van der Waals surface area contributed by atoms with Gasteiger partial charge < -0.3 is 14.8 Å². The smallest absolute Gasteiger partial charge is 0.407 e. The summed E-state index contributed by atoms with van der Waals surface area (Å²) in [7, 11) is 0. The first kappa shape index (κ1) is 20.1. The quantitative estimate of drug-likeness (QED) is 0.600. The van der Waals surface area contributed by atoms with Gasteiger partial charge in [-0.05, 0) is 39.0 Å². The summed E-state index contributed by atoms with van der Waals surface area (Å²) < 4.78 is 38.7. The minimum Gasteiger partial charge on any atom is -0.451 e. The number of benzene rings is 2. The molecule has 1 amide bonds. The van der Waals surface area contributed by atoms with E-state index in [1.165, 1.54) is 18.2 Å². The van der Waals surface area contributed by atoms with E-state index in [1.54, 1.807) is 20.8 Å². The van der Waals surface area contributed by atoms with Crippen LogP contribution in [0.3, 0.4) is 0 Å². The van der Waals surface area contributed by atoms with Crippen molar-refractivity contribution in [2.75, 3.05) is 0 Å². The Balaban J connectivity index is 2.14. The summed E-state index contributed by atoms with van der Waals surface area (Å²) in [6.07, 6.45) is -0.746. The van der Waals surface area contributed by atoms with Crippen LogP contribution in [0.2, 0.25) is 0 Å². The fraction of sp³-hybridized carbons (Fsp3) is 0.278. The zero-order chi connectivity index (χ0) is 20.2. The minimum absolute atomic E-state index is 0.0147. The van der Waals surface area contributed by atoms with E-state index in [1.807, 2.05) is 0 Å². The first-order valence-electron chi connectivity index (χ1n) is 7.93. The fourth-order valence-electron chi connectivity index (χ4n) is 2.04. The second-order valence-corrected chi connectivity index (χ2v) is 6.56. The monoisotopic (exact) mass is 380 g/mol. The van der Waals surface area contributed by atoms with Gasteiger partial charge in [-0.25, -0.2) is 13.6 Å². The van der Waals surface area contributed by atoms with Crippen LogP contribution in [0.1, 0.15) is 26.3 Å². The first-order chi connectivity index (χ1) is 12.6. The third-order valence-corrected chi connectivity index (χ3v) is 3.22. The molecule has 0 atom stereocenters. The number of amides is 1. The summed E-state index contributed by atoms with van der Waals surface area (Å²) in [6, 6.07) is 6.92. The number of carbonyl (C=O) groups is 1. The Hall–Kier alpha value is -3.23. The van der Waals surface area contributed by atoms with E-state index in [9.17, 15) is 23.7 Å². The average molecular weight is 380 g/mol. The maximum atomic E-state index is 14.5. The van der Waals surface area contributed by atoms with Gasteiger partial charge in [0.1, 0.15) is 11.4 Å². The van der Waals surface area contributed by atoms with Gasteiger partial charge in [0.2, 0.25) is 0 Å². The van der Waals surface area contributed by atoms with Crippen LogP contribution in [-0.4, -0.2) is 16.6 Å². The van der Waals surface area contributed by atoms with E-state index >= 15 is 0 Å². The molecular formula is C18H18F2N2O5. The molecule has 0 heterocycles. The highest BCUT2D eigenvalue weighted by atomic mass is 19.1. The molecule has 2 rings (SSSR count). The molecule has 0 unspecified atom stereocenters. The van der Waals surface area contributed by atoms with Crippen LogP contribution >= 0.6 is 0 Å². The molecule has 0 spiro atoms. The van der Waals surface area contributed by atoms with Crippen LogP contribution in [0.15, 0.2) is 36.4 Å². The third kappa shape index (κ3) is 5.63. The second kappa shape index (κ2) is 7.98. The summed E-state index contributed by atoms with van der Waals surface area (Å²) in [6.45, 7) is 4.81. The normalized spacial score (nSPS) is 11.0. The van der Waals surface area contributed by atoms with E-state index in [-0.39, 0.29) is 23.5 Å². The Morgan fingerprint density at radius 2 is 1.78 bits per heavy atom. The molecule has 0 aliphatic rings. The van der Waals surface area contributed by atoms with Crippen molar-refractivity contribution in [2.45, 2.75) is 32.9 Å². The molecule has 27 heavy (non-hydrogen) atoms. The maximum Gasteiger partial charge on any atom is 0.407 e. The lowest BCUT2D eigenvalue weighted by molar-refractivity contribution is -0.384. The number of hydrogen-bond donors (Lipinski definition) is 1. The second-order valence-electron chi connectivity index (χ2n) is 6.56. The van der Waals surface area contributed by atoms with E-state index in [0.717, 1.165) is 18.2 Å². The summed E-state index contributed by atoms with van der Waals surface area (Å²) in [4.78, 5) is 21.7. The van der Waals surface area contributed by atoms with E-state index in [0.29, 0.717) is 0 Å². The number of nitrogens with zero attached hydrogens (tertiary/aromatic N) is 1. The van der Waals surface area contributed by atoms with E-state index in [2.05, 4.69) is 5.32 Å². The van der Waals surface area contributed by atoms with Crippen LogP contribution in [0.25, 0.3) is 0 Å². The number of alkyl carbamates (subject to hydrolysis) is 1. The highest BCUT2D eigenvalue weighted by Gasteiger charge is 2.19. The molecule has 0 radical (unpaired) electrons. The lowest BCUT2D eigenvalue weighted by Gasteiger charge is -2.20. The van der Waals surface area contributed by atoms with Crippen LogP contribution in [0, 0.1) is 21.7 Å². The van der Waals surface area contributed by atoms with E-state index in [4.69, 9.17) is 9.47 Å². The molecule has 0 bridgehead atoms. The van der Waals surface area contributed by atoms with Crippen molar-refractivity contribution >= 4 is 11.8 Å². The molecule has 0 saturated carbocycles. The van der Waals surface area contributed by atoms with Gasteiger partial charge in [-0.2, -0.15) is 0 Å². The Bertz CT molecular complexity index is 848. The standard InChI is InChI=1S/C18H18F2N2O5/c1-18(2,3)27-17(23)21-10-11-4-9-14(19)16(15(11)20)26-13-7-5-12(6-8-13)22(24)25/h4-9H,10H2,1-3H3,(H,21,23). The number of non-ortho nitro benzene ring substituents is 1. The Kier molecular flexibility index (Phi) is 5.94. The van der Waals surface area contributed by atoms with Crippen molar-refractivity contribution in [1.29, 1.82) is 0 Å². The number of carbonyl (C=O) groups excluding carboxylic acids is 1. The fourth-order valence-corrected chi connectivity index (χ4v) is 2.04. The zero-order valence-corrected chi connectivity index (χ0v) is 14.9. The maximum absolute atomic E-state index is 14.5. The van der Waals surface area contributed by atoms with Crippen molar-refractivity contribution in [3.8, 4) is 11.5 Å². The summed E-state index contributed by atoms with van der Waals surface area (Å²) in [5, 5.41) is 13.0. The molecule has 0 aliphatic carbocycles. The van der Waals surface area contributed by atoms with Gasteiger partial charge >= 0.3 is 6.09 Å². The average Bonchev–Trinajstić information content (AvgIpc) is 2.56. The molecule has 0 saturated heterocycles. The van der Waals surface area contributed by atoms with Crippen LogP contribution in [-0.2, 0) is 11.3 Å². The van der Waals surface area contributed by atoms with Gasteiger partial charge in [0.15, 0.2) is 17.4 Å². The SMILES string of the molecule is CC(C)(C)OC(=O)NCc1ccc(F)c(Oc2ccc([N+](=O)[O-])cc2)c1F. The third-order valence-electron chi connectivity index (χ3n) is 3.22. The minimum atomic E-state index is -0.996. The predicted octanol–water partition coefficient (Wildman–Crippen LogP) is 4.69. The summed E-state index contributed by atoms with van der Waals surface area (Å²) in [5.74, 6) is -2.60. The van der Waals surface area contributed by atoms with Crippen molar-refractivity contribution in [3.05, 3.63) is 63.7 Å². The molecule has 0 aliphatic heterocycles. The number of nitro groups is 1. The number of nitro benzene ring substituents is 1. The van der Waals surface area contributed by atoms with Gasteiger partial charge in [-0.15, -0.1) is 0 Å². The topological polar surface area (TPSA) is 90.7 Å². The number of rotatable bonds is 5. The first-order valence-corrected chi connectivity index (χ1v) is 7.93. The zero-order valence-electron chi connectivity index (χ0n) is 14.9. The molecule has 2 aromatic rings. The van der Waals surface area contributed by atoms with Gasteiger partial charge in [-0.1, -0.05) is 6.07 Å². The molecule has 1 N–H and O–H groups in total.